The Bertz CT molecular complexity index is 455. The number of Topliss-reactive ketones (excluding diaryl/α,β-unsaturated/α-hetero) is 1. The van der Waals surface area contributed by atoms with Crippen molar-refractivity contribution in [3.63, 3.8) is 0 Å². The molecule has 2 heterocycles. The second kappa shape index (κ2) is 2.78. The molecular formula is C11H14N2O2. The van der Waals surface area contributed by atoms with E-state index in [1.165, 1.54) is 10.8 Å². The standard InChI is InChI=1S/C11H14N2O2/c1-6(2)9-12-5-7-8(14)11(3,4)10(15)13(7)9/h5-6H,1-4H3. The fourth-order valence-corrected chi connectivity index (χ4v) is 1.84. The Morgan fingerprint density at radius 1 is 1.33 bits per heavy atom. The van der Waals surface area contributed by atoms with Crippen molar-refractivity contribution in [3.05, 3.63) is 17.7 Å². The smallest absolute Gasteiger partial charge is 0.246 e. The first-order valence-corrected chi connectivity index (χ1v) is 5.04. The summed E-state index contributed by atoms with van der Waals surface area (Å²) in [6.45, 7) is 7.24. The van der Waals surface area contributed by atoms with Gasteiger partial charge in [0.25, 0.3) is 0 Å². The van der Waals surface area contributed by atoms with Crippen molar-refractivity contribution in [2.75, 3.05) is 0 Å². The molecule has 4 heteroatoms. The van der Waals surface area contributed by atoms with E-state index in [-0.39, 0.29) is 17.6 Å². The zero-order chi connectivity index (χ0) is 11.4. The molecule has 0 fully saturated rings. The minimum Gasteiger partial charge on any atom is -0.291 e. The molecule has 0 unspecified atom stereocenters. The number of nitrogens with zero attached hydrogens (tertiary/aromatic N) is 2. The summed E-state index contributed by atoms with van der Waals surface area (Å²) < 4.78 is 1.47. The van der Waals surface area contributed by atoms with E-state index in [0.29, 0.717) is 11.5 Å². The summed E-state index contributed by atoms with van der Waals surface area (Å²) in [7, 11) is 0. The molecule has 0 bridgehead atoms. The van der Waals surface area contributed by atoms with Crippen molar-refractivity contribution in [1.82, 2.24) is 9.55 Å². The molecule has 0 saturated carbocycles. The molecule has 2 rings (SSSR count). The lowest BCUT2D eigenvalue weighted by Gasteiger charge is -2.13. The highest BCUT2D eigenvalue weighted by molar-refractivity contribution is 6.20. The van der Waals surface area contributed by atoms with Crippen LogP contribution in [0.15, 0.2) is 6.20 Å². The van der Waals surface area contributed by atoms with Gasteiger partial charge in [0.15, 0.2) is 5.78 Å². The number of aromatic nitrogens is 2. The fourth-order valence-electron chi connectivity index (χ4n) is 1.84. The number of ketones is 1. The number of rotatable bonds is 1. The number of imidazole rings is 1. The van der Waals surface area contributed by atoms with Gasteiger partial charge < -0.3 is 0 Å². The molecule has 80 valence electrons. The maximum atomic E-state index is 12.0. The van der Waals surface area contributed by atoms with E-state index in [0.717, 1.165) is 0 Å². The number of hydrogen-bond acceptors (Lipinski definition) is 3. The lowest BCUT2D eigenvalue weighted by atomic mass is 9.89. The highest BCUT2D eigenvalue weighted by Crippen LogP contribution is 2.33. The average molecular weight is 206 g/mol. The molecule has 0 amide bonds. The van der Waals surface area contributed by atoms with Crippen molar-refractivity contribution < 1.29 is 9.59 Å². The summed E-state index contributed by atoms with van der Waals surface area (Å²) in [6, 6.07) is 0. The van der Waals surface area contributed by atoms with Gasteiger partial charge in [0.05, 0.1) is 6.20 Å². The molecule has 15 heavy (non-hydrogen) atoms. The van der Waals surface area contributed by atoms with Gasteiger partial charge in [0.2, 0.25) is 5.91 Å². The molecule has 0 radical (unpaired) electrons. The maximum Gasteiger partial charge on any atom is 0.246 e. The largest absolute Gasteiger partial charge is 0.291 e. The van der Waals surface area contributed by atoms with Gasteiger partial charge >= 0.3 is 0 Å². The van der Waals surface area contributed by atoms with Gasteiger partial charge in [-0.15, -0.1) is 0 Å². The van der Waals surface area contributed by atoms with Gasteiger partial charge in [0, 0.05) is 5.92 Å². The van der Waals surface area contributed by atoms with E-state index < -0.39 is 5.41 Å². The Morgan fingerprint density at radius 2 is 1.93 bits per heavy atom. The molecule has 1 aromatic rings. The predicted molar refractivity (Wildman–Crippen MR) is 55.1 cm³/mol. The zero-order valence-corrected chi connectivity index (χ0v) is 9.37. The van der Waals surface area contributed by atoms with Crippen LogP contribution in [-0.2, 0) is 0 Å². The third-order valence-electron chi connectivity index (χ3n) is 2.84. The van der Waals surface area contributed by atoms with Gasteiger partial charge in [0.1, 0.15) is 16.9 Å². The Labute approximate surface area is 88.3 Å². The molecule has 0 aliphatic carbocycles. The van der Waals surface area contributed by atoms with E-state index in [4.69, 9.17) is 0 Å². The van der Waals surface area contributed by atoms with Crippen molar-refractivity contribution in [1.29, 1.82) is 0 Å². The van der Waals surface area contributed by atoms with Crippen LogP contribution in [-0.4, -0.2) is 21.2 Å². The van der Waals surface area contributed by atoms with Crippen molar-refractivity contribution in [2.45, 2.75) is 33.6 Å². The van der Waals surface area contributed by atoms with Crippen molar-refractivity contribution >= 4 is 11.7 Å². The first-order chi connectivity index (χ1) is 6.87. The van der Waals surface area contributed by atoms with Crippen LogP contribution >= 0.6 is 0 Å². The van der Waals surface area contributed by atoms with Crippen LogP contribution in [0, 0.1) is 5.41 Å². The minimum absolute atomic E-state index is 0.132. The van der Waals surface area contributed by atoms with Crippen LogP contribution < -0.4 is 0 Å². The number of hydrogen-bond donors (Lipinski definition) is 0. The molecule has 1 aliphatic rings. The molecule has 4 nitrogen and oxygen atoms in total. The third-order valence-corrected chi connectivity index (χ3v) is 2.84. The third kappa shape index (κ3) is 1.11. The normalized spacial score (nSPS) is 18.7. The zero-order valence-electron chi connectivity index (χ0n) is 9.37. The predicted octanol–water partition coefficient (Wildman–Crippen LogP) is 1.87. The quantitative estimate of drug-likeness (QED) is 0.659. The molecule has 1 aliphatic heterocycles. The first-order valence-electron chi connectivity index (χ1n) is 5.04. The van der Waals surface area contributed by atoms with Crippen LogP contribution in [0.3, 0.4) is 0 Å². The topological polar surface area (TPSA) is 52.0 Å². The lowest BCUT2D eigenvalue weighted by Crippen LogP contribution is -2.28. The minimum atomic E-state index is -0.929. The van der Waals surface area contributed by atoms with Crippen LogP contribution in [0.4, 0.5) is 0 Å². The van der Waals surface area contributed by atoms with Gasteiger partial charge in [-0.05, 0) is 13.8 Å². The van der Waals surface area contributed by atoms with Crippen LogP contribution in [0.25, 0.3) is 0 Å². The molecule has 0 saturated heterocycles. The van der Waals surface area contributed by atoms with E-state index >= 15 is 0 Å². The molecule has 0 aromatic carbocycles. The highest BCUT2D eigenvalue weighted by Gasteiger charge is 2.47. The number of carbonyl (C=O) groups is 2. The Morgan fingerprint density at radius 3 is 2.47 bits per heavy atom. The monoisotopic (exact) mass is 206 g/mol. The Hall–Kier alpha value is -1.45. The molecule has 0 spiro atoms. The molecule has 0 atom stereocenters. The summed E-state index contributed by atoms with van der Waals surface area (Å²) in [6.07, 6.45) is 1.50. The average Bonchev–Trinajstić information content (AvgIpc) is 2.63. The van der Waals surface area contributed by atoms with Crippen LogP contribution in [0.1, 0.15) is 54.7 Å². The molecule has 0 N–H and O–H groups in total. The summed E-state index contributed by atoms with van der Waals surface area (Å²) in [5, 5.41) is 0. The maximum absolute atomic E-state index is 12.0. The van der Waals surface area contributed by atoms with E-state index in [1.54, 1.807) is 13.8 Å². The lowest BCUT2D eigenvalue weighted by molar-refractivity contribution is 0.0708. The van der Waals surface area contributed by atoms with Gasteiger partial charge in [-0.25, -0.2) is 4.98 Å². The van der Waals surface area contributed by atoms with Gasteiger partial charge in [-0.1, -0.05) is 13.8 Å². The second-order valence-electron chi connectivity index (χ2n) is 4.75. The summed E-state index contributed by atoms with van der Waals surface area (Å²) in [5.41, 5.74) is -0.504. The summed E-state index contributed by atoms with van der Waals surface area (Å²) in [5.74, 6) is 0.522. The number of carbonyl (C=O) groups excluding carboxylic acids is 2. The number of fused-ring (bicyclic) bond motifs is 1. The summed E-state index contributed by atoms with van der Waals surface area (Å²) in [4.78, 5) is 28.0. The summed E-state index contributed by atoms with van der Waals surface area (Å²) >= 11 is 0. The van der Waals surface area contributed by atoms with E-state index in [9.17, 15) is 9.59 Å². The van der Waals surface area contributed by atoms with Crippen molar-refractivity contribution in [2.24, 2.45) is 5.41 Å². The first kappa shape index (κ1) is 10.1. The van der Waals surface area contributed by atoms with Crippen molar-refractivity contribution in [3.8, 4) is 0 Å². The Balaban J connectivity index is 2.65. The van der Waals surface area contributed by atoms with Crippen LogP contribution in [0.2, 0.25) is 0 Å². The SMILES string of the molecule is CC(C)c1ncc2n1C(=O)C(C)(C)C2=O. The second-order valence-corrected chi connectivity index (χ2v) is 4.75. The van der Waals surface area contributed by atoms with E-state index in [2.05, 4.69) is 4.98 Å². The van der Waals surface area contributed by atoms with E-state index in [1.807, 2.05) is 13.8 Å². The molecule has 1 aromatic heterocycles. The molecular weight excluding hydrogens is 192 g/mol. The van der Waals surface area contributed by atoms with Gasteiger partial charge in [-0.2, -0.15) is 0 Å². The van der Waals surface area contributed by atoms with Crippen LogP contribution in [0.5, 0.6) is 0 Å². The Kier molecular flexibility index (Phi) is 1.87. The highest BCUT2D eigenvalue weighted by atomic mass is 16.2. The van der Waals surface area contributed by atoms with Gasteiger partial charge in [-0.3, -0.25) is 14.2 Å². The fraction of sp³-hybridized carbons (Fsp3) is 0.545.